The lowest BCUT2D eigenvalue weighted by Crippen LogP contribution is -2.12. The molecule has 0 aliphatic rings. The van der Waals surface area contributed by atoms with Crippen LogP contribution in [0.2, 0.25) is 0 Å². The third-order valence-corrected chi connectivity index (χ3v) is 1.56. The van der Waals surface area contributed by atoms with E-state index in [4.69, 9.17) is 4.42 Å². The number of carbonyl (C=O) groups is 1. The van der Waals surface area contributed by atoms with Gasteiger partial charge in [0.15, 0.2) is 0 Å². The molecule has 1 heterocycles. The van der Waals surface area contributed by atoms with Crippen LogP contribution in [0.4, 0.5) is 6.01 Å². The number of nitrogens with one attached hydrogen (secondary N) is 1. The van der Waals surface area contributed by atoms with Gasteiger partial charge in [0.1, 0.15) is 6.26 Å². The van der Waals surface area contributed by atoms with Crippen molar-refractivity contribution in [3.05, 3.63) is 12.0 Å². The summed E-state index contributed by atoms with van der Waals surface area (Å²) in [5.41, 5.74) is 0.775. The van der Waals surface area contributed by atoms with Crippen molar-refractivity contribution < 1.29 is 10.6 Å². The number of amides is 1. The van der Waals surface area contributed by atoms with E-state index < -0.39 is 0 Å². The summed E-state index contributed by atoms with van der Waals surface area (Å²) in [7, 11) is 0. The van der Waals surface area contributed by atoms with Gasteiger partial charge in [-0.15, -0.1) is 0 Å². The maximum Gasteiger partial charge on any atom is 0.301 e. The van der Waals surface area contributed by atoms with Gasteiger partial charge in [-0.3, -0.25) is 10.1 Å². The van der Waals surface area contributed by atoms with Crippen LogP contribution in [0.5, 0.6) is 0 Å². The number of oxazole rings is 1. The third kappa shape index (κ3) is 5.53. The van der Waals surface area contributed by atoms with Gasteiger partial charge in [-0.25, -0.2) is 0 Å². The van der Waals surface area contributed by atoms with Crippen molar-refractivity contribution >= 4 is 11.9 Å². The lowest BCUT2D eigenvalue weighted by Gasteiger charge is -2.12. The molecule has 0 saturated carbocycles. The van der Waals surface area contributed by atoms with Crippen molar-refractivity contribution in [2.75, 3.05) is 5.32 Å². The maximum absolute atomic E-state index is 10.7. The Morgan fingerprint density at radius 1 is 1.50 bits per heavy atom. The predicted octanol–water partition coefficient (Wildman–Crippen LogP) is 3.59. The number of hydrogen-bond donors (Lipinski definition) is 1. The summed E-state index contributed by atoms with van der Waals surface area (Å²) >= 11 is 0. The molecule has 94 valence electrons. The Kier molecular flexibility index (Phi) is 5.78. The number of anilines is 1. The van der Waals surface area contributed by atoms with Crippen molar-refractivity contribution in [2.45, 2.75) is 53.4 Å². The van der Waals surface area contributed by atoms with Crippen molar-refractivity contribution in [2.24, 2.45) is 0 Å². The highest BCUT2D eigenvalue weighted by molar-refractivity contribution is 5.86. The highest BCUT2D eigenvalue weighted by Crippen LogP contribution is 2.22. The van der Waals surface area contributed by atoms with Gasteiger partial charge in [-0.1, -0.05) is 41.0 Å². The second kappa shape index (κ2) is 6.30. The maximum atomic E-state index is 10.7. The van der Waals surface area contributed by atoms with Crippen LogP contribution < -0.4 is 5.32 Å². The molecule has 0 aliphatic carbocycles. The second-order valence-corrected chi connectivity index (χ2v) is 4.68. The van der Waals surface area contributed by atoms with Crippen LogP contribution in [0.15, 0.2) is 10.7 Å². The highest BCUT2D eigenvalue weighted by Gasteiger charge is 2.18. The van der Waals surface area contributed by atoms with E-state index in [0.717, 1.165) is 5.69 Å². The van der Waals surface area contributed by atoms with E-state index in [2.05, 4.69) is 24.1 Å². The number of carbonyl (C=O) groups excluding carboxylic acids is 1. The third-order valence-electron chi connectivity index (χ3n) is 1.56. The second-order valence-electron chi connectivity index (χ2n) is 4.68. The van der Waals surface area contributed by atoms with Gasteiger partial charge in [-0.2, -0.15) is 4.98 Å². The molecule has 4 heteroatoms. The van der Waals surface area contributed by atoms with E-state index >= 15 is 0 Å². The van der Waals surface area contributed by atoms with Crippen LogP contribution >= 0.6 is 0 Å². The molecule has 4 nitrogen and oxygen atoms in total. The average Bonchev–Trinajstić information content (AvgIpc) is 2.51. The van der Waals surface area contributed by atoms with Gasteiger partial charge in [0.25, 0.3) is 0 Å². The normalized spacial score (nSPS) is 10.4. The molecule has 0 unspecified atom stereocenters. The zero-order valence-corrected chi connectivity index (χ0v) is 11.0. The molecular weight excluding hydrogens is 204 g/mol. The van der Waals surface area contributed by atoms with E-state index in [-0.39, 0.29) is 18.8 Å². The van der Waals surface area contributed by atoms with Gasteiger partial charge in [0.05, 0.1) is 5.69 Å². The van der Waals surface area contributed by atoms with E-state index in [1.165, 1.54) is 13.3 Å². The van der Waals surface area contributed by atoms with Crippen molar-refractivity contribution in [3.8, 4) is 0 Å². The molecule has 0 saturated heterocycles. The summed E-state index contributed by atoms with van der Waals surface area (Å²) in [5, 5.41) is 2.48. The summed E-state index contributed by atoms with van der Waals surface area (Å²) in [5.74, 6) is -0.178. The molecule has 1 N–H and O–H groups in total. The Hall–Kier alpha value is -1.32. The molecule has 0 atom stereocenters. The summed E-state index contributed by atoms with van der Waals surface area (Å²) < 4.78 is 5.06. The largest absolute Gasteiger partial charge is 0.432 e. The Labute approximate surface area is 98.9 Å². The average molecular weight is 228 g/mol. The molecule has 0 aromatic carbocycles. The summed E-state index contributed by atoms with van der Waals surface area (Å²) in [6.07, 6.45) is 2.81. The summed E-state index contributed by atoms with van der Waals surface area (Å²) in [6.45, 7) is 11.8. The fourth-order valence-corrected chi connectivity index (χ4v) is 0.826. The Bertz CT molecular complexity index is 329. The minimum atomic E-state index is -0.178. The first-order chi connectivity index (χ1) is 7.31. The molecule has 1 rings (SSSR count). The van der Waals surface area contributed by atoms with Gasteiger partial charge in [-0.05, 0) is 0 Å². The van der Waals surface area contributed by atoms with Crippen LogP contribution in [-0.2, 0) is 10.2 Å². The first kappa shape index (κ1) is 14.7. The van der Waals surface area contributed by atoms with Crippen LogP contribution in [0.25, 0.3) is 0 Å². The molecule has 0 fully saturated rings. The molecule has 1 aromatic heterocycles. The zero-order chi connectivity index (χ0) is 12.8. The van der Waals surface area contributed by atoms with E-state index in [9.17, 15) is 4.79 Å². The van der Waals surface area contributed by atoms with Crippen LogP contribution in [0.3, 0.4) is 0 Å². The molecule has 1 amide bonds. The van der Waals surface area contributed by atoms with Crippen LogP contribution in [-0.4, -0.2) is 10.9 Å². The fourth-order valence-electron chi connectivity index (χ4n) is 0.826. The molecular formula is C12H24N2O2. The predicted molar refractivity (Wildman–Crippen MR) is 67.6 cm³/mol. The number of rotatable bonds is 1. The summed E-state index contributed by atoms with van der Waals surface area (Å²) in [6, 6.07) is 0.262. The van der Waals surface area contributed by atoms with E-state index in [1.807, 2.05) is 20.8 Å². The topological polar surface area (TPSA) is 55.1 Å². The minimum absolute atomic E-state index is 0. The number of aromatic nitrogens is 1. The molecule has 0 radical (unpaired) electrons. The van der Waals surface area contributed by atoms with Crippen LogP contribution in [0, 0.1) is 0 Å². The molecule has 0 spiro atoms. The SMILES string of the molecule is CC(=O)Nc1nc(C(C)(C)C)co1.CCC.[HH]. The first-order valence-electron chi connectivity index (χ1n) is 5.54. The molecule has 0 bridgehead atoms. The van der Waals surface area contributed by atoms with Gasteiger partial charge in [0, 0.05) is 13.8 Å². The Balaban J connectivity index is 0. The summed E-state index contributed by atoms with van der Waals surface area (Å²) in [4.78, 5) is 14.8. The van der Waals surface area contributed by atoms with Gasteiger partial charge in [0.2, 0.25) is 5.91 Å². The monoisotopic (exact) mass is 228 g/mol. The highest BCUT2D eigenvalue weighted by atomic mass is 16.4. The lowest BCUT2D eigenvalue weighted by molar-refractivity contribution is -0.114. The molecule has 1 aromatic rings. The van der Waals surface area contributed by atoms with E-state index in [1.54, 1.807) is 6.26 Å². The Morgan fingerprint density at radius 3 is 2.31 bits per heavy atom. The lowest BCUT2D eigenvalue weighted by atomic mass is 9.93. The van der Waals surface area contributed by atoms with E-state index in [0.29, 0.717) is 0 Å². The van der Waals surface area contributed by atoms with Gasteiger partial charge < -0.3 is 4.42 Å². The fraction of sp³-hybridized carbons (Fsp3) is 0.667. The van der Waals surface area contributed by atoms with Crippen molar-refractivity contribution in [1.29, 1.82) is 0 Å². The number of nitrogens with zero attached hydrogens (tertiary/aromatic N) is 1. The standard InChI is InChI=1S/C9H14N2O2.C3H8.H2/c1-6(12)10-8-11-7(5-13-8)9(2,3)4;1-3-2;/h5H,1-4H3,(H,10,11,12);3H2,1-2H3;1H. The zero-order valence-electron chi connectivity index (χ0n) is 11.0. The first-order valence-corrected chi connectivity index (χ1v) is 5.54. The van der Waals surface area contributed by atoms with Crippen LogP contribution in [0.1, 0.15) is 55.1 Å². The smallest absolute Gasteiger partial charge is 0.301 e. The Morgan fingerprint density at radius 2 is 2.00 bits per heavy atom. The molecule has 16 heavy (non-hydrogen) atoms. The van der Waals surface area contributed by atoms with Gasteiger partial charge >= 0.3 is 6.01 Å². The quantitative estimate of drug-likeness (QED) is 0.799. The minimum Gasteiger partial charge on any atom is -0.432 e. The molecule has 0 aliphatic heterocycles. The number of hydrogen-bond acceptors (Lipinski definition) is 3. The van der Waals surface area contributed by atoms with Crippen molar-refractivity contribution in [3.63, 3.8) is 0 Å². The van der Waals surface area contributed by atoms with Crippen molar-refractivity contribution in [1.82, 2.24) is 4.98 Å².